The standard InChI is InChI=1S/C14H32N2/c1-7-10-13(5)16(6)11-14(15-9-3)12(4)8-2/h12-15H,7-11H2,1-6H3. The summed E-state index contributed by atoms with van der Waals surface area (Å²) in [7, 11) is 2.26. The summed E-state index contributed by atoms with van der Waals surface area (Å²) in [6.07, 6.45) is 3.84. The number of likely N-dealkylation sites (N-methyl/N-ethyl adjacent to an activating group) is 2. The first-order chi connectivity index (χ1) is 7.56. The number of nitrogens with one attached hydrogen (secondary N) is 1. The fourth-order valence-corrected chi connectivity index (χ4v) is 2.12. The summed E-state index contributed by atoms with van der Waals surface area (Å²) >= 11 is 0. The van der Waals surface area contributed by atoms with Crippen LogP contribution in [0.25, 0.3) is 0 Å². The molecule has 2 nitrogen and oxygen atoms in total. The van der Waals surface area contributed by atoms with Crippen molar-refractivity contribution in [1.29, 1.82) is 0 Å². The lowest BCUT2D eigenvalue weighted by Crippen LogP contribution is -2.46. The summed E-state index contributed by atoms with van der Waals surface area (Å²) in [5, 5.41) is 3.62. The Morgan fingerprint density at radius 2 is 1.75 bits per heavy atom. The summed E-state index contributed by atoms with van der Waals surface area (Å²) in [6, 6.07) is 1.34. The highest BCUT2D eigenvalue weighted by molar-refractivity contribution is 4.77. The molecule has 0 aliphatic heterocycles. The fraction of sp³-hybridized carbons (Fsp3) is 1.00. The molecule has 0 rings (SSSR count). The van der Waals surface area contributed by atoms with E-state index in [1.54, 1.807) is 0 Å². The first kappa shape index (κ1) is 15.9. The third-order valence-corrected chi connectivity index (χ3v) is 3.74. The Labute approximate surface area is 103 Å². The molecule has 0 amide bonds. The molecule has 0 bridgehead atoms. The van der Waals surface area contributed by atoms with Gasteiger partial charge in [0.05, 0.1) is 0 Å². The Morgan fingerprint density at radius 1 is 1.12 bits per heavy atom. The van der Waals surface area contributed by atoms with Crippen molar-refractivity contribution in [1.82, 2.24) is 10.2 Å². The normalized spacial score (nSPS) is 17.4. The maximum atomic E-state index is 3.62. The van der Waals surface area contributed by atoms with E-state index < -0.39 is 0 Å². The number of rotatable bonds is 9. The smallest absolute Gasteiger partial charge is 0.0220 e. The molecule has 0 radical (unpaired) electrons. The van der Waals surface area contributed by atoms with E-state index in [9.17, 15) is 0 Å². The van der Waals surface area contributed by atoms with Gasteiger partial charge in [0.2, 0.25) is 0 Å². The van der Waals surface area contributed by atoms with Crippen LogP contribution in [0.15, 0.2) is 0 Å². The maximum absolute atomic E-state index is 3.62. The number of hydrogen-bond acceptors (Lipinski definition) is 2. The van der Waals surface area contributed by atoms with Gasteiger partial charge in [-0.1, -0.05) is 40.5 Å². The van der Waals surface area contributed by atoms with E-state index in [0.29, 0.717) is 12.1 Å². The van der Waals surface area contributed by atoms with E-state index in [0.717, 1.165) is 12.5 Å². The molecule has 0 saturated heterocycles. The highest BCUT2D eigenvalue weighted by atomic mass is 15.1. The van der Waals surface area contributed by atoms with Gasteiger partial charge in [-0.25, -0.2) is 0 Å². The van der Waals surface area contributed by atoms with Crippen molar-refractivity contribution < 1.29 is 0 Å². The topological polar surface area (TPSA) is 15.3 Å². The molecule has 3 unspecified atom stereocenters. The average Bonchev–Trinajstić information content (AvgIpc) is 2.27. The SMILES string of the molecule is CCCC(C)N(C)CC(NCC)C(C)CC. The van der Waals surface area contributed by atoms with Crippen molar-refractivity contribution >= 4 is 0 Å². The third kappa shape index (κ3) is 5.86. The first-order valence-corrected chi connectivity index (χ1v) is 7.00. The van der Waals surface area contributed by atoms with Crippen LogP contribution in [-0.4, -0.2) is 37.1 Å². The maximum Gasteiger partial charge on any atom is 0.0220 e. The molecule has 0 spiro atoms. The molecule has 0 aromatic heterocycles. The zero-order valence-corrected chi connectivity index (χ0v) is 12.2. The predicted molar refractivity (Wildman–Crippen MR) is 73.9 cm³/mol. The summed E-state index contributed by atoms with van der Waals surface area (Å²) < 4.78 is 0. The molecule has 0 saturated carbocycles. The largest absolute Gasteiger partial charge is 0.313 e. The zero-order valence-electron chi connectivity index (χ0n) is 12.2. The van der Waals surface area contributed by atoms with Crippen LogP contribution < -0.4 is 5.32 Å². The van der Waals surface area contributed by atoms with Crippen LogP contribution in [-0.2, 0) is 0 Å². The molecule has 0 aromatic carbocycles. The minimum Gasteiger partial charge on any atom is -0.313 e. The van der Waals surface area contributed by atoms with E-state index in [1.165, 1.54) is 25.8 Å². The van der Waals surface area contributed by atoms with Gasteiger partial charge in [0, 0.05) is 18.6 Å². The summed E-state index contributed by atoms with van der Waals surface area (Å²) in [4.78, 5) is 2.50. The minimum atomic E-state index is 0.638. The van der Waals surface area contributed by atoms with Crippen molar-refractivity contribution in [2.75, 3.05) is 20.1 Å². The van der Waals surface area contributed by atoms with Crippen LogP contribution in [0.3, 0.4) is 0 Å². The van der Waals surface area contributed by atoms with Crippen LogP contribution in [0.1, 0.15) is 53.9 Å². The van der Waals surface area contributed by atoms with Crippen molar-refractivity contribution in [2.45, 2.75) is 66.0 Å². The molecule has 16 heavy (non-hydrogen) atoms. The second-order valence-electron chi connectivity index (χ2n) is 5.13. The van der Waals surface area contributed by atoms with Gasteiger partial charge in [0.15, 0.2) is 0 Å². The number of hydrogen-bond donors (Lipinski definition) is 1. The first-order valence-electron chi connectivity index (χ1n) is 7.00. The van der Waals surface area contributed by atoms with Gasteiger partial charge < -0.3 is 10.2 Å². The van der Waals surface area contributed by atoms with Gasteiger partial charge in [0.1, 0.15) is 0 Å². The van der Waals surface area contributed by atoms with E-state index in [2.05, 4.69) is 51.9 Å². The molecule has 98 valence electrons. The molecular weight excluding hydrogens is 196 g/mol. The molecule has 0 aliphatic carbocycles. The van der Waals surface area contributed by atoms with Crippen LogP contribution in [0.5, 0.6) is 0 Å². The van der Waals surface area contributed by atoms with Crippen LogP contribution in [0.2, 0.25) is 0 Å². The molecule has 0 heterocycles. The highest BCUT2D eigenvalue weighted by Crippen LogP contribution is 2.11. The Hall–Kier alpha value is -0.0800. The van der Waals surface area contributed by atoms with E-state index >= 15 is 0 Å². The molecule has 2 heteroatoms. The van der Waals surface area contributed by atoms with E-state index in [4.69, 9.17) is 0 Å². The highest BCUT2D eigenvalue weighted by Gasteiger charge is 2.18. The van der Waals surface area contributed by atoms with Gasteiger partial charge in [-0.2, -0.15) is 0 Å². The summed E-state index contributed by atoms with van der Waals surface area (Å²) in [5.41, 5.74) is 0. The summed E-state index contributed by atoms with van der Waals surface area (Å²) in [6.45, 7) is 13.7. The summed E-state index contributed by atoms with van der Waals surface area (Å²) in [5.74, 6) is 0.760. The van der Waals surface area contributed by atoms with Gasteiger partial charge in [-0.15, -0.1) is 0 Å². The second kappa shape index (κ2) is 9.00. The third-order valence-electron chi connectivity index (χ3n) is 3.74. The Morgan fingerprint density at radius 3 is 2.19 bits per heavy atom. The zero-order chi connectivity index (χ0) is 12.6. The van der Waals surface area contributed by atoms with Crippen LogP contribution in [0.4, 0.5) is 0 Å². The minimum absolute atomic E-state index is 0.638. The Bertz CT molecular complexity index is 159. The van der Waals surface area contributed by atoms with Crippen LogP contribution >= 0.6 is 0 Å². The fourth-order valence-electron chi connectivity index (χ4n) is 2.12. The molecule has 1 N–H and O–H groups in total. The molecular formula is C14H32N2. The Balaban J connectivity index is 4.15. The lowest BCUT2D eigenvalue weighted by Gasteiger charge is -2.32. The lowest BCUT2D eigenvalue weighted by atomic mass is 9.98. The van der Waals surface area contributed by atoms with Gasteiger partial charge in [-0.05, 0) is 32.9 Å². The predicted octanol–water partition coefficient (Wildman–Crippen LogP) is 3.13. The second-order valence-corrected chi connectivity index (χ2v) is 5.13. The van der Waals surface area contributed by atoms with Gasteiger partial charge >= 0.3 is 0 Å². The van der Waals surface area contributed by atoms with Gasteiger partial charge in [0.25, 0.3) is 0 Å². The average molecular weight is 228 g/mol. The molecule has 0 fully saturated rings. The van der Waals surface area contributed by atoms with Gasteiger partial charge in [-0.3, -0.25) is 0 Å². The molecule has 0 aromatic rings. The van der Waals surface area contributed by atoms with E-state index in [-0.39, 0.29) is 0 Å². The van der Waals surface area contributed by atoms with E-state index in [1.807, 2.05) is 0 Å². The quantitative estimate of drug-likeness (QED) is 0.652. The molecule has 3 atom stereocenters. The lowest BCUT2D eigenvalue weighted by molar-refractivity contribution is 0.194. The van der Waals surface area contributed by atoms with Crippen molar-refractivity contribution in [3.63, 3.8) is 0 Å². The Kier molecular flexibility index (Phi) is 8.96. The van der Waals surface area contributed by atoms with Crippen molar-refractivity contribution in [3.8, 4) is 0 Å². The van der Waals surface area contributed by atoms with Crippen molar-refractivity contribution in [2.24, 2.45) is 5.92 Å². The number of nitrogens with zero attached hydrogens (tertiary/aromatic N) is 1. The van der Waals surface area contributed by atoms with Crippen molar-refractivity contribution in [3.05, 3.63) is 0 Å². The monoisotopic (exact) mass is 228 g/mol. The van der Waals surface area contributed by atoms with Crippen LogP contribution in [0, 0.1) is 5.92 Å². The molecule has 0 aliphatic rings.